The molecule has 3 aromatic rings. The number of anilines is 1. The Hall–Kier alpha value is -2.78. The maximum absolute atomic E-state index is 13.6. The predicted molar refractivity (Wildman–Crippen MR) is 122 cm³/mol. The zero-order valence-corrected chi connectivity index (χ0v) is 19.6. The summed E-state index contributed by atoms with van der Waals surface area (Å²) >= 11 is 3.40. The number of alkyl halides is 3. The first-order valence-electron chi connectivity index (χ1n) is 10.9. The Labute approximate surface area is 202 Å². The van der Waals surface area contributed by atoms with Crippen molar-refractivity contribution in [2.75, 3.05) is 24.7 Å². The van der Waals surface area contributed by atoms with Crippen LogP contribution < -0.4 is 9.64 Å². The number of para-hydroxylation sites is 1. The molecule has 1 unspecified atom stereocenters. The number of halogens is 4. The van der Waals surface area contributed by atoms with Crippen LogP contribution in [-0.4, -0.2) is 25.7 Å². The lowest BCUT2D eigenvalue weighted by Crippen LogP contribution is -2.42. The molecule has 2 aromatic carbocycles. The summed E-state index contributed by atoms with van der Waals surface area (Å²) in [4.78, 5) is 15.1. The first kappa shape index (κ1) is 23.0. The van der Waals surface area contributed by atoms with Crippen LogP contribution in [0.25, 0.3) is 0 Å². The fourth-order valence-corrected chi connectivity index (χ4v) is 4.94. The average molecular weight is 536 g/mol. The SMILES string of the molecule is C1CCOC1.O=C1N(Cc2ccc(C(F)(F)F)o2)c2ccccc2C12COc1cc(Br)ccc12. The number of ether oxygens (including phenoxy) is 2. The molecule has 6 rings (SSSR count). The van der Waals surface area contributed by atoms with Crippen molar-refractivity contribution in [2.24, 2.45) is 0 Å². The topological polar surface area (TPSA) is 51.9 Å². The van der Waals surface area contributed by atoms with Crippen molar-refractivity contribution < 1.29 is 31.9 Å². The molecule has 1 fully saturated rings. The van der Waals surface area contributed by atoms with E-state index in [0.29, 0.717) is 11.4 Å². The van der Waals surface area contributed by atoms with Crippen molar-refractivity contribution in [1.82, 2.24) is 0 Å². The number of carbonyl (C=O) groups is 1. The highest BCUT2D eigenvalue weighted by Gasteiger charge is 2.56. The molecule has 9 heteroatoms. The summed E-state index contributed by atoms with van der Waals surface area (Å²) in [5.41, 5.74) is 1.14. The lowest BCUT2D eigenvalue weighted by Gasteiger charge is -2.22. The monoisotopic (exact) mass is 535 g/mol. The summed E-state index contributed by atoms with van der Waals surface area (Å²) in [6.07, 6.45) is -2.02. The standard InChI is InChI=1S/C21H13BrF3NO3.C4H8O/c22-12-5-7-15-17(9-12)28-11-20(15)14-3-1-2-4-16(14)26(19(20)27)10-13-6-8-18(29-13)21(23,24)25;1-2-4-5-3-1/h1-9H,10-11H2;1-4H2. The molecule has 0 aliphatic carbocycles. The average Bonchev–Trinajstić information content (AvgIpc) is 3.60. The summed E-state index contributed by atoms with van der Waals surface area (Å²) < 4.78 is 55.2. The molecule has 1 atom stereocenters. The van der Waals surface area contributed by atoms with Crippen LogP contribution in [0.1, 0.15) is 35.5 Å². The van der Waals surface area contributed by atoms with Gasteiger partial charge in [0.15, 0.2) is 0 Å². The molecular formula is C25H21BrF3NO4. The Morgan fingerprint density at radius 1 is 1.00 bits per heavy atom. The van der Waals surface area contributed by atoms with E-state index in [4.69, 9.17) is 13.9 Å². The number of carbonyl (C=O) groups excluding carboxylic acids is 1. The molecule has 34 heavy (non-hydrogen) atoms. The molecule has 1 aromatic heterocycles. The van der Waals surface area contributed by atoms with Crippen LogP contribution >= 0.6 is 15.9 Å². The molecule has 0 saturated carbocycles. The van der Waals surface area contributed by atoms with E-state index in [1.54, 1.807) is 12.1 Å². The highest BCUT2D eigenvalue weighted by atomic mass is 79.9. The van der Waals surface area contributed by atoms with Gasteiger partial charge in [0.1, 0.15) is 23.5 Å². The van der Waals surface area contributed by atoms with Gasteiger partial charge in [-0.2, -0.15) is 13.2 Å². The molecule has 3 aliphatic rings. The second-order valence-corrected chi connectivity index (χ2v) is 9.24. The van der Waals surface area contributed by atoms with E-state index in [1.807, 2.05) is 30.3 Å². The van der Waals surface area contributed by atoms with Gasteiger partial charge in [0.05, 0.1) is 6.54 Å². The number of rotatable bonds is 2. The molecule has 4 heterocycles. The van der Waals surface area contributed by atoms with Crippen molar-refractivity contribution in [3.05, 3.63) is 81.7 Å². The van der Waals surface area contributed by atoms with Gasteiger partial charge < -0.3 is 18.8 Å². The number of hydrogen-bond acceptors (Lipinski definition) is 4. The van der Waals surface area contributed by atoms with Crippen LogP contribution in [0.2, 0.25) is 0 Å². The smallest absolute Gasteiger partial charge is 0.449 e. The third kappa shape index (κ3) is 3.90. The minimum atomic E-state index is -4.57. The summed E-state index contributed by atoms with van der Waals surface area (Å²) in [6.45, 7) is 2.04. The van der Waals surface area contributed by atoms with Crippen LogP contribution in [-0.2, 0) is 27.7 Å². The number of nitrogens with zero attached hydrogens (tertiary/aromatic N) is 1. The predicted octanol–water partition coefficient (Wildman–Crippen LogP) is 6.08. The highest BCUT2D eigenvalue weighted by molar-refractivity contribution is 9.10. The normalized spacial score (nSPS) is 20.7. The number of furan rings is 1. The lowest BCUT2D eigenvalue weighted by molar-refractivity contribution is -0.153. The molecule has 0 N–H and O–H groups in total. The van der Waals surface area contributed by atoms with Crippen molar-refractivity contribution in [3.8, 4) is 5.75 Å². The van der Waals surface area contributed by atoms with Gasteiger partial charge in [0, 0.05) is 28.9 Å². The van der Waals surface area contributed by atoms with Crippen LogP contribution in [0.15, 0.2) is 63.5 Å². The Kier molecular flexibility index (Phi) is 5.93. The Morgan fingerprint density at radius 3 is 2.44 bits per heavy atom. The maximum Gasteiger partial charge on any atom is 0.449 e. The van der Waals surface area contributed by atoms with E-state index in [2.05, 4.69) is 15.9 Å². The highest BCUT2D eigenvalue weighted by Crippen LogP contribution is 2.53. The van der Waals surface area contributed by atoms with Gasteiger partial charge in [0.25, 0.3) is 0 Å². The van der Waals surface area contributed by atoms with E-state index in [1.165, 1.54) is 23.8 Å². The second-order valence-electron chi connectivity index (χ2n) is 8.33. The van der Waals surface area contributed by atoms with Crippen molar-refractivity contribution in [2.45, 2.75) is 31.0 Å². The quantitative estimate of drug-likeness (QED) is 0.399. The minimum absolute atomic E-state index is 0.0625. The van der Waals surface area contributed by atoms with Crippen LogP contribution in [0, 0.1) is 0 Å². The molecule has 0 radical (unpaired) electrons. The maximum atomic E-state index is 13.6. The van der Waals surface area contributed by atoms with Crippen LogP contribution in [0.5, 0.6) is 5.75 Å². The summed E-state index contributed by atoms with van der Waals surface area (Å²) in [7, 11) is 0. The molecule has 0 bridgehead atoms. The van der Waals surface area contributed by atoms with Crippen LogP contribution in [0.3, 0.4) is 0 Å². The summed E-state index contributed by atoms with van der Waals surface area (Å²) in [6, 6.07) is 14.9. The van der Waals surface area contributed by atoms with Gasteiger partial charge >= 0.3 is 6.18 Å². The van der Waals surface area contributed by atoms with Gasteiger partial charge in [0.2, 0.25) is 11.7 Å². The molecule has 1 spiro atoms. The molecular weight excluding hydrogens is 515 g/mol. The van der Waals surface area contributed by atoms with E-state index >= 15 is 0 Å². The molecule has 3 aliphatic heterocycles. The first-order chi connectivity index (χ1) is 16.3. The molecule has 1 saturated heterocycles. The van der Waals surface area contributed by atoms with Gasteiger partial charge in [-0.15, -0.1) is 0 Å². The van der Waals surface area contributed by atoms with E-state index in [0.717, 1.165) is 34.9 Å². The zero-order chi connectivity index (χ0) is 23.9. The fourth-order valence-electron chi connectivity index (χ4n) is 4.59. The van der Waals surface area contributed by atoms with Crippen LogP contribution in [0.4, 0.5) is 18.9 Å². The number of hydrogen-bond donors (Lipinski definition) is 0. The number of amides is 1. The van der Waals surface area contributed by atoms with E-state index in [-0.39, 0.29) is 24.8 Å². The summed E-state index contributed by atoms with van der Waals surface area (Å²) in [5.74, 6) is -0.652. The Balaban J connectivity index is 0.000000429. The van der Waals surface area contributed by atoms with Crippen molar-refractivity contribution in [1.29, 1.82) is 0 Å². The van der Waals surface area contributed by atoms with Crippen molar-refractivity contribution in [3.63, 3.8) is 0 Å². The van der Waals surface area contributed by atoms with Gasteiger partial charge in [-0.1, -0.05) is 40.2 Å². The zero-order valence-electron chi connectivity index (χ0n) is 18.0. The molecule has 5 nitrogen and oxygen atoms in total. The van der Waals surface area contributed by atoms with E-state index < -0.39 is 17.4 Å². The first-order valence-corrected chi connectivity index (χ1v) is 11.7. The third-order valence-corrected chi connectivity index (χ3v) is 6.69. The summed E-state index contributed by atoms with van der Waals surface area (Å²) in [5, 5.41) is 0. The van der Waals surface area contributed by atoms with Gasteiger partial charge in [-0.25, -0.2) is 0 Å². The number of benzene rings is 2. The fraction of sp³-hybridized carbons (Fsp3) is 0.320. The third-order valence-electron chi connectivity index (χ3n) is 6.19. The molecule has 1 amide bonds. The molecule has 178 valence electrons. The largest absolute Gasteiger partial charge is 0.491 e. The van der Waals surface area contributed by atoms with Gasteiger partial charge in [-0.3, -0.25) is 4.79 Å². The minimum Gasteiger partial charge on any atom is -0.491 e. The number of fused-ring (bicyclic) bond motifs is 4. The lowest BCUT2D eigenvalue weighted by atomic mass is 9.77. The van der Waals surface area contributed by atoms with E-state index in [9.17, 15) is 18.0 Å². The second kappa shape index (κ2) is 8.78. The Bertz CT molecular complexity index is 1210. The van der Waals surface area contributed by atoms with Gasteiger partial charge in [-0.05, 0) is 48.7 Å². The van der Waals surface area contributed by atoms with Crippen molar-refractivity contribution >= 4 is 27.5 Å². The Morgan fingerprint density at radius 2 is 1.76 bits per heavy atom.